The van der Waals surface area contributed by atoms with E-state index in [4.69, 9.17) is 9.15 Å². The second-order valence-electron chi connectivity index (χ2n) is 7.85. The van der Waals surface area contributed by atoms with E-state index in [9.17, 15) is 14.9 Å². The van der Waals surface area contributed by atoms with Crippen LogP contribution >= 0.6 is 11.8 Å². The van der Waals surface area contributed by atoms with E-state index < -0.39 is 11.8 Å². The first-order valence-electron chi connectivity index (χ1n) is 10.9. The van der Waals surface area contributed by atoms with Crippen LogP contribution in [0.2, 0.25) is 0 Å². The minimum Gasteiger partial charge on any atom is -0.497 e. The number of allylic oxidation sites excluding steroid dienone is 1. The molecular formula is C27H23N3O4S. The highest BCUT2D eigenvalue weighted by molar-refractivity contribution is 8.03. The number of furan rings is 1. The van der Waals surface area contributed by atoms with Crippen molar-refractivity contribution in [3.63, 3.8) is 0 Å². The fraction of sp³-hybridized carbons (Fsp3) is 0.185. The van der Waals surface area contributed by atoms with E-state index in [0.29, 0.717) is 39.1 Å². The van der Waals surface area contributed by atoms with Crippen LogP contribution in [-0.2, 0) is 4.79 Å². The van der Waals surface area contributed by atoms with Gasteiger partial charge in [0.15, 0.2) is 5.78 Å². The molecule has 0 saturated carbocycles. The number of carbonyl (C=O) groups is 2. The van der Waals surface area contributed by atoms with E-state index in [1.807, 2.05) is 18.2 Å². The molecule has 2 heterocycles. The minimum atomic E-state index is -0.738. The molecule has 35 heavy (non-hydrogen) atoms. The predicted octanol–water partition coefficient (Wildman–Crippen LogP) is 5.45. The summed E-state index contributed by atoms with van der Waals surface area (Å²) in [6, 6.07) is 21.7. The molecule has 1 amide bonds. The molecule has 2 atom stereocenters. The number of rotatable bonds is 8. The predicted molar refractivity (Wildman–Crippen MR) is 136 cm³/mol. The van der Waals surface area contributed by atoms with Crippen LogP contribution in [0, 0.1) is 17.2 Å². The molecule has 4 rings (SSSR count). The molecule has 1 unspecified atom stereocenters. The zero-order valence-corrected chi connectivity index (χ0v) is 20.0. The highest BCUT2D eigenvalue weighted by Gasteiger charge is 2.41. The maximum atomic E-state index is 13.3. The second kappa shape index (κ2) is 10.9. The Balaban J connectivity index is 1.61. The normalized spacial score (nSPS) is 17.3. The SMILES string of the molecule is COc1ccc(C(=O)CSC2=C(C#N)[C@@H](c3ccco3)C(C(=O)Nc3ccccc3)C(C)=N2)cc1. The molecule has 0 bridgehead atoms. The van der Waals surface area contributed by atoms with Gasteiger partial charge >= 0.3 is 0 Å². The van der Waals surface area contributed by atoms with Gasteiger partial charge in [-0.25, -0.2) is 4.99 Å². The topological polar surface area (TPSA) is 105 Å². The number of hydrogen-bond donors (Lipinski definition) is 1. The number of benzene rings is 2. The maximum absolute atomic E-state index is 13.3. The molecular weight excluding hydrogens is 462 g/mol. The van der Waals surface area contributed by atoms with Crippen molar-refractivity contribution in [1.29, 1.82) is 5.26 Å². The number of nitriles is 1. The van der Waals surface area contributed by atoms with Gasteiger partial charge in [0.2, 0.25) is 5.91 Å². The summed E-state index contributed by atoms with van der Waals surface area (Å²) < 4.78 is 10.8. The number of para-hydroxylation sites is 1. The Morgan fingerprint density at radius 3 is 2.49 bits per heavy atom. The number of nitrogens with zero attached hydrogens (tertiary/aromatic N) is 2. The summed E-state index contributed by atoms with van der Waals surface area (Å²) in [4.78, 5) is 30.7. The van der Waals surface area contributed by atoms with Crippen LogP contribution in [0.25, 0.3) is 0 Å². The number of thioether (sulfide) groups is 1. The molecule has 1 N–H and O–H groups in total. The summed E-state index contributed by atoms with van der Waals surface area (Å²) in [5.41, 5.74) is 2.03. The summed E-state index contributed by atoms with van der Waals surface area (Å²) in [7, 11) is 1.56. The maximum Gasteiger partial charge on any atom is 0.234 e. The molecule has 176 valence electrons. The van der Waals surface area contributed by atoms with Crippen molar-refractivity contribution < 1.29 is 18.7 Å². The van der Waals surface area contributed by atoms with Gasteiger partial charge in [0.1, 0.15) is 16.5 Å². The number of nitrogens with one attached hydrogen (secondary N) is 1. The van der Waals surface area contributed by atoms with Crippen LogP contribution in [-0.4, -0.2) is 30.3 Å². The van der Waals surface area contributed by atoms with Gasteiger partial charge in [-0.15, -0.1) is 0 Å². The lowest BCUT2D eigenvalue weighted by atomic mass is 9.79. The Morgan fingerprint density at radius 2 is 1.86 bits per heavy atom. The molecule has 1 aromatic heterocycles. The summed E-state index contributed by atoms with van der Waals surface area (Å²) in [6.45, 7) is 1.76. The number of aliphatic imine (C=N–C) groups is 1. The molecule has 3 aromatic rings. The molecule has 0 saturated heterocycles. The van der Waals surface area contributed by atoms with Gasteiger partial charge in [0.05, 0.1) is 42.6 Å². The third-order valence-corrected chi connectivity index (χ3v) is 6.64. The average Bonchev–Trinajstić information content (AvgIpc) is 3.42. The molecule has 0 fully saturated rings. The zero-order chi connectivity index (χ0) is 24.8. The first kappa shape index (κ1) is 24.0. The highest BCUT2D eigenvalue weighted by Crippen LogP contribution is 2.42. The monoisotopic (exact) mass is 485 g/mol. The Kier molecular flexibility index (Phi) is 7.48. The number of methoxy groups -OCH3 is 1. The first-order valence-corrected chi connectivity index (χ1v) is 11.9. The Labute approximate surface area is 207 Å². The van der Waals surface area contributed by atoms with E-state index in [1.54, 1.807) is 62.6 Å². The van der Waals surface area contributed by atoms with Crippen molar-refractivity contribution in [3.8, 4) is 11.8 Å². The van der Waals surface area contributed by atoms with Crippen molar-refractivity contribution in [2.45, 2.75) is 12.8 Å². The lowest BCUT2D eigenvalue weighted by Gasteiger charge is -2.29. The average molecular weight is 486 g/mol. The number of amides is 1. The van der Waals surface area contributed by atoms with Crippen LogP contribution < -0.4 is 10.1 Å². The Morgan fingerprint density at radius 1 is 1.11 bits per heavy atom. The lowest BCUT2D eigenvalue weighted by Crippen LogP contribution is -2.36. The zero-order valence-electron chi connectivity index (χ0n) is 19.2. The summed E-state index contributed by atoms with van der Waals surface area (Å²) in [5.74, 6) is -0.540. The second-order valence-corrected chi connectivity index (χ2v) is 8.81. The molecule has 1 aliphatic heterocycles. The van der Waals surface area contributed by atoms with Gasteiger partial charge in [0.25, 0.3) is 0 Å². The van der Waals surface area contributed by atoms with Crippen molar-refractivity contribution in [1.82, 2.24) is 0 Å². The van der Waals surface area contributed by atoms with E-state index >= 15 is 0 Å². The molecule has 2 aromatic carbocycles. The standard InChI is InChI=1S/C27H23N3O4S/c1-17-24(26(32)30-19-7-4-3-5-8-19)25(23-9-6-14-34-23)21(15-28)27(29-17)35-16-22(31)18-10-12-20(33-2)13-11-18/h3-14,24-25H,16H2,1-2H3,(H,30,32)/t24?,25-/m0/s1. The number of Topliss-reactive ketones (excluding diaryl/α,β-unsaturated/α-hetero) is 1. The van der Waals surface area contributed by atoms with Gasteiger partial charge in [-0.05, 0) is 55.5 Å². The van der Waals surface area contributed by atoms with Gasteiger partial charge in [-0.3, -0.25) is 9.59 Å². The lowest BCUT2D eigenvalue weighted by molar-refractivity contribution is -0.118. The van der Waals surface area contributed by atoms with E-state index in [2.05, 4.69) is 16.4 Å². The number of ketones is 1. The fourth-order valence-electron chi connectivity index (χ4n) is 3.91. The van der Waals surface area contributed by atoms with Crippen LogP contribution in [0.4, 0.5) is 5.69 Å². The minimum absolute atomic E-state index is 0.0926. The first-order chi connectivity index (χ1) is 17.0. The number of hydrogen-bond acceptors (Lipinski definition) is 7. The Hall–Kier alpha value is -4.09. The smallest absolute Gasteiger partial charge is 0.234 e. The third kappa shape index (κ3) is 5.36. The molecule has 0 aliphatic carbocycles. The van der Waals surface area contributed by atoms with Crippen molar-refractivity contribution in [3.05, 3.63) is 94.9 Å². The molecule has 1 aliphatic rings. The number of anilines is 1. The fourth-order valence-corrected chi connectivity index (χ4v) is 4.88. The van der Waals surface area contributed by atoms with E-state index in [-0.39, 0.29) is 17.4 Å². The van der Waals surface area contributed by atoms with Crippen molar-refractivity contribution >= 4 is 34.9 Å². The van der Waals surface area contributed by atoms with Crippen LogP contribution in [0.15, 0.2) is 93.0 Å². The van der Waals surface area contributed by atoms with Crippen LogP contribution in [0.3, 0.4) is 0 Å². The molecule has 8 heteroatoms. The van der Waals surface area contributed by atoms with E-state index in [0.717, 1.165) is 0 Å². The van der Waals surface area contributed by atoms with Gasteiger partial charge in [0, 0.05) is 17.0 Å². The van der Waals surface area contributed by atoms with Gasteiger partial charge < -0.3 is 14.5 Å². The summed E-state index contributed by atoms with van der Waals surface area (Å²) in [5, 5.41) is 13.4. The van der Waals surface area contributed by atoms with Gasteiger partial charge in [-0.1, -0.05) is 30.0 Å². The third-order valence-electron chi connectivity index (χ3n) is 5.65. The summed E-state index contributed by atoms with van der Waals surface area (Å²) >= 11 is 1.18. The highest BCUT2D eigenvalue weighted by atomic mass is 32.2. The van der Waals surface area contributed by atoms with Crippen LogP contribution in [0.1, 0.15) is 29.0 Å². The number of carbonyl (C=O) groups excluding carboxylic acids is 2. The Bertz CT molecular complexity index is 1310. The molecule has 0 radical (unpaired) electrons. The quantitative estimate of drug-likeness (QED) is 0.425. The van der Waals surface area contributed by atoms with Crippen molar-refractivity contribution in [2.75, 3.05) is 18.2 Å². The molecule has 7 nitrogen and oxygen atoms in total. The largest absolute Gasteiger partial charge is 0.497 e. The number of ether oxygens (including phenoxy) is 1. The van der Waals surface area contributed by atoms with Crippen LogP contribution in [0.5, 0.6) is 5.75 Å². The molecule has 0 spiro atoms. The van der Waals surface area contributed by atoms with Gasteiger partial charge in [-0.2, -0.15) is 5.26 Å². The summed E-state index contributed by atoms with van der Waals surface area (Å²) in [6.07, 6.45) is 1.51. The van der Waals surface area contributed by atoms with Crippen molar-refractivity contribution in [2.24, 2.45) is 10.9 Å². The van der Waals surface area contributed by atoms with E-state index in [1.165, 1.54) is 18.0 Å².